The zero-order valence-electron chi connectivity index (χ0n) is 14.3. The average molecular weight is 454 g/mol. The lowest BCUT2D eigenvalue weighted by atomic mass is 10.1. The van der Waals surface area contributed by atoms with Gasteiger partial charge in [-0.15, -0.1) is 11.3 Å². The van der Waals surface area contributed by atoms with Crippen LogP contribution in [0.4, 0.5) is 5.13 Å². The van der Waals surface area contributed by atoms with Crippen LogP contribution in [0.25, 0.3) is 6.08 Å². The number of carbonyl (C=O) groups excluding carboxylic acids is 1. The van der Waals surface area contributed by atoms with E-state index in [1.54, 1.807) is 17.2 Å². The van der Waals surface area contributed by atoms with E-state index in [1.807, 2.05) is 47.8 Å². The number of anilines is 1. The van der Waals surface area contributed by atoms with Gasteiger partial charge in [0.1, 0.15) is 11.5 Å². The molecule has 8 heteroatoms. The topological polar surface area (TPSA) is 64.0 Å². The van der Waals surface area contributed by atoms with E-state index in [2.05, 4.69) is 25.9 Å². The molecule has 3 heterocycles. The summed E-state index contributed by atoms with van der Waals surface area (Å²) in [6.45, 7) is 0.206. The number of hydrogen-bond donors (Lipinski definition) is 0. The number of carbonyl (C=O) groups is 1. The summed E-state index contributed by atoms with van der Waals surface area (Å²) < 4.78 is 11.7. The quantitative estimate of drug-likeness (QED) is 0.548. The lowest BCUT2D eigenvalue weighted by Crippen LogP contribution is -2.32. The first-order valence-electron chi connectivity index (χ1n) is 8.39. The van der Waals surface area contributed by atoms with Gasteiger partial charge in [-0.1, -0.05) is 34.1 Å². The van der Waals surface area contributed by atoms with Crippen molar-refractivity contribution in [2.45, 2.75) is 0 Å². The summed E-state index contributed by atoms with van der Waals surface area (Å²) in [5.74, 6) is 1.70. The Balaban J connectivity index is 1.58. The number of thiazole rings is 1. The van der Waals surface area contributed by atoms with Crippen molar-refractivity contribution in [2.24, 2.45) is 4.99 Å². The maximum Gasteiger partial charge on any atom is 0.284 e. The fourth-order valence-corrected chi connectivity index (χ4v) is 3.88. The van der Waals surface area contributed by atoms with Gasteiger partial charge >= 0.3 is 0 Å². The van der Waals surface area contributed by atoms with Gasteiger partial charge < -0.3 is 9.47 Å². The summed E-state index contributed by atoms with van der Waals surface area (Å²) in [5.41, 5.74) is 1.99. The van der Waals surface area contributed by atoms with E-state index in [1.165, 1.54) is 11.3 Å². The Hall–Kier alpha value is -2.97. The second-order valence-corrected chi connectivity index (χ2v) is 7.83. The van der Waals surface area contributed by atoms with Gasteiger partial charge in [-0.25, -0.2) is 14.9 Å². The maximum atomic E-state index is 13.1. The number of aromatic nitrogens is 1. The van der Waals surface area contributed by atoms with Crippen LogP contribution < -0.4 is 14.4 Å². The molecule has 0 bridgehead atoms. The van der Waals surface area contributed by atoms with Gasteiger partial charge in [0.25, 0.3) is 5.91 Å². The van der Waals surface area contributed by atoms with Gasteiger partial charge in [0.2, 0.25) is 6.79 Å². The zero-order valence-corrected chi connectivity index (χ0v) is 16.7. The molecule has 2 aromatic carbocycles. The fourth-order valence-electron chi connectivity index (χ4n) is 2.97. The summed E-state index contributed by atoms with van der Waals surface area (Å²) in [6, 6.07) is 13.2. The summed E-state index contributed by atoms with van der Waals surface area (Å²) in [5, 5.41) is 2.42. The highest BCUT2D eigenvalue weighted by atomic mass is 79.9. The van der Waals surface area contributed by atoms with Crippen molar-refractivity contribution < 1.29 is 14.3 Å². The average Bonchev–Trinajstić information content (AvgIpc) is 3.43. The van der Waals surface area contributed by atoms with Gasteiger partial charge in [0.05, 0.1) is 0 Å². The Morgan fingerprint density at radius 3 is 2.71 bits per heavy atom. The third-order valence-electron chi connectivity index (χ3n) is 4.27. The van der Waals surface area contributed by atoms with Crippen LogP contribution in [-0.4, -0.2) is 23.5 Å². The predicted molar refractivity (Wildman–Crippen MR) is 111 cm³/mol. The van der Waals surface area contributed by atoms with Crippen molar-refractivity contribution in [3.05, 3.63) is 75.3 Å². The standard InChI is InChI=1S/C20H12BrN3O3S/c21-14-4-2-13(3-5-14)18-23-15(19(25)24(18)20-22-7-8-28-20)9-12-1-6-16-17(10-12)27-11-26-16/h1-10H,11H2/b15-9-. The normalized spacial score (nSPS) is 16.8. The highest BCUT2D eigenvalue weighted by Crippen LogP contribution is 2.34. The van der Waals surface area contributed by atoms with Crippen LogP contribution in [-0.2, 0) is 4.79 Å². The summed E-state index contributed by atoms with van der Waals surface area (Å²) in [4.78, 5) is 23.6. The molecule has 0 aliphatic carbocycles. The molecule has 0 spiro atoms. The van der Waals surface area contributed by atoms with E-state index < -0.39 is 0 Å². The van der Waals surface area contributed by atoms with Gasteiger partial charge in [0, 0.05) is 21.6 Å². The number of halogens is 1. The third kappa shape index (κ3) is 3.00. The number of amides is 1. The van der Waals surface area contributed by atoms with Crippen LogP contribution in [0.15, 0.2) is 69.2 Å². The molecule has 3 aromatic rings. The molecule has 2 aliphatic rings. The first kappa shape index (κ1) is 17.2. The Morgan fingerprint density at radius 2 is 1.93 bits per heavy atom. The molecule has 5 rings (SSSR count). The van der Waals surface area contributed by atoms with E-state index >= 15 is 0 Å². The smallest absolute Gasteiger partial charge is 0.284 e. The van der Waals surface area contributed by atoms with Crippen molar-refractivity contribution in [2.75, 3.05) is 11.7 Å². The lowest BCUT2D eigenvalue weighted by molar-refractivity contribution is -0.113. The van der Waals surface area contributed by atoms with Crippen molar-refractivity contribution in [1.82, 2.24) is 4.98 Å². The first-order valence-corrected chi connectivity index (χ1v) is 10.1. The molecule has 1 aromatic heterocycles. The molecule has 0 fully saturated rings. The third-order valence-corrected chi connectivity index (χ3v) is 5.56. The van der Waals surface area contributed by atoms with Crippen LogP contribution in [0, 0.1) is 0 Å². The van der Waals surface area contributed by atoms with Crippen molar-refractivity contribution in [3.63, 3.8) is 0 Å². The number of aliphatic imine (C=N–C) groups is 1. The molecular weight excluding hydrogens is 442 g/mol. The minimum Gasteiger partial charge on any atom is -0.454 e. The van der Waals surface area contributed by atoms with Gasteiger partial charge in [0.15, 0.2) is 16.6 Å². The highest BCUT2D eigenvalue weighted by molar-refractivity contribution is 9.10. The molecule has 6 nitrogen and oxygen atoms in total. The first-order chi connectivity index (χ1) is 13.7. The van der Waals surface area contributed by atoms with E-state index in [-0.39, 0.29) is 12.7 Å². The Morgan fingerprint density at radius 1 is 1.11 bits per heavy atom. The zero-order chi connectivity index (χ0) is 19.1. The fraction of sp³-hybridized carbons (Fsp3) is 0.0500. The van der Waals surface area contributed by atoms with Crippen molar-refractivity contribution in [3.8, 4) is 11.5 Å². The van der Waals surface area contributed by atoms with Crippen LogP contribution >= 0.6 is 27.3 Å². The maximum absolute atomic E-state index is 13.1. The van der Waals surface area contributed by atoms with E-state index in [4.69, 9.17) is 9.47 Å². The molecule has 0 N–H and O–H groups in total. The van der Waals surface area contributed by atoms with E-state index in [0.29, 0.717) is 28.2 Å². The lowest BCUT2D eigenvalue weighted by Gasteiger charge is -2.14. The van der Waals surface area contributed by atoms with Crippen molar-refractivity contribution in [1.29, 1.82) is 0 Å². The minimum atomic E-state index is -0.217. The number of rotatable bonds is 3. The number of nitrogens with zero attached hydrogens (tertiary/aromatic N) is 3. The summed E-state index contributed by atoms with van der Waals surface area (Å²) >= 11 is 4.83. The summed E-state index contributed by atoms with van der Waals surface area (Å²) in [6.07, 6.45) is 3.42. The van der Waals surface area contributed by atoms with Crippen LogP contribution in [0.3, 0.4) is 0 Å². The molecule has 0 saturated carbocycles. The monoisotopic (exact) mass is 453 g/mol. The second kappa shape index (κ2) is 6.88. The van der Waals surface area contributed by atoms with E-state index in [9.17, 15) is 4.79 Å². The molecule has 0 saturated heterocycles. The molecule has 138 valence electrons. The van der Waals surface area contributed by atoms with Crippen LogP contribution in [0.5, 0.6) is 11.5 Å². The minimum absolute atomic E-state index is 0.206. The van der Waals surface area contributed by atoms with Crippen molar-refractivity contribution >= 4 is 50.2 Å². The summed E-state index contributed by atoms with van der Waals surface area (Å²) in [7, 11) is 0. The number of hydrogen-bond acceptors (Lipinski definition) is 6. The van der Waals surface area contributed by atoms with E-state index in [0.717, 1.165) is 15.6 Å². The Labute approximate surface area is 172 Å². The molecule has 0 atom stereocenters. The molecular formula is C20H12BrN3O3S. The number of amidine groups is 1. The molecule has 0 unspecified atom stereocenters. The Bertz CT molecular complexity index is 1120. The predicted octanol–water partition coefficient (Wildman–Crippen LogP) is 4.47. The largest absolute Gasteiger partial charge is 0.454 e. The van der Waals surface area contributed by atoms with Crippen LogP contribution in [0.1, 0.15) is 11.1 Å². The van der Waals surface area contributed by atoms with Gasteiger partial charge in [-0.3, -0.25) is 4.79 Å². The molecule has 1 amide bonds. The molecule has 28 heavy (non-hydrogen) atoms. The number of ether oxygens (including phenoxy) is 2. The second-order valence-electron chi connectivity index (χ2n) is 6.04. The molecule has 2 aliphatic heterocycles. The number of fused-ring (bicyclic) bond motifs is 1. The SMILES string of the molecule is O=C1/C(=C/c2ccc3c(c2)OCO3)N=C(c2ccc(Br)cc2)N1c1nccs1. The molecule has 0 radical (unpaired) electrons. The number of benzene rings is 2. The Kier molecular flexibility index (Phi) is 4.22. The van der Waals surface area contributed by atoms with Crippen LogP contribution in [0.2, 0.25) is 0 Å². The van der Waals surface area contributed by atoms with Gasteiger partial charge in [-0.2, -0.15) is 0 Å². The highest BCUT2D eigenvalue weighted by Gasteiger charge is 2.34. The van der Waals surface area contributed by atoms with Gasteiger partial charge in [-0.05, 0) is 35.9 Å².